The molecule has 130 valence electrons. The zero-order valence-corrected chi connectivity index (χ0v) is 15.2. The van der Waals surface area contributed by atoms with Crippen LogP contribution in [0.5, 0.6) is 5.75 Å². The summed E-state index contributed by atoms with van der Waals surface area (Å²) < 4.78 is 11.2. The van der Waals surface area contributed by atoms with Gasteiger partial charge in [-0.15, -0.1) is 0 Å². The molecule has 0 atom stereocenters. The number of rotatable bonds is 5. The van der Waals surface area contributed by atoms with Crippen LogP contribution < -0.4 is 10.5 Å². The average molecular weight is 322 g/mol. The Morgan fingerprint density at radius 1 is 1.04 bits per heavy atom. The molecule has 1 amide bonds. The minimum absolute atomic E-state index is 0.233. The van der Waals surface area contributed by atoms with Crippen LogP contribution in [0.25, 0.3) is 0 Å². The van der Waals surface area contributed by atoms with Crippen molar-refractivity contribution < 1.29 is 14.3 Å². The summed E-state index contributed by atoms with van der Waals surface area (Å²) in [6, 6.07) is 7.73. The quantitative estimate of drug-likeness (QED) is 0.900. The van der Waals surface area contributed by atoms with Crippen molar-refractivity contribution in [1.82, 2.24) is 4.90 Å². The van der Waals surface area contributed by atoms with Gasteiger partial charge < -0.3 is 20.1 Å². The van der Waals surface area contributed by atoms with Gasteiger partial charge in [0, 0.05) is 19.6 Å². The molecule has 23 heavy (non-hydrogen) atoms. The topological polar surface area (TPSA) is 64.8 Å². The van der Waals surface area contributed by atoms with Crippen LogP contribution in [0.4, 0.5) is 4.79 Å². The summed E-state index contributed by atoms with van der Waals surface area (Å²) in [6.07, 6.45) is -0.349. The lowest BCUT2D eigenvalue weighted by Gasteiger charge is -2.27. The van der Waals surface area contributed by atoms with E-state index in [0.29, 0.717) is 19.6 Å². The first-order valence-corrected chi connectivity index (χ1v) is 7.96. The van der Waals surface area contributed by atoms with Crippen LogP contribution in [0.2, 0.25) is 0 Å². The standard InChI is InChI=1S/C18H30N2O3/c1-17(2,3)22-15-9-7-14(8-10-15)13-20(12-11-19)16(21)23-18(4,5)6/h7-10H,11-13,19H2,1-6H3. The molecule has 0 bridgehead atoms. The molecule has 0 aromatic heterocycles. The maximum Gasteiger partial charge on any atom is 0.410 e. The smallest absolute Gasteiger partial charge is 0.410 e. The zero-order chi connectivity index (χ0) is 17.7. The van der Waals surface area contributed by atoms with Gasteiger partial charge in [0.15, 0.2) is 0 Å². The van der Waals surface area contributed by atoms with Crippen LogP contribution in [0.15, 0.2) is 24.3 Å². The number of hydrogen-bond donors (Lipinski definition) is 1. The molecule has 0 radical (unpaired) electrons. The second-order valence-electron chi connectivity index (χ2n) is 7.55. The number of carbonyl (C=O) groups excluding carboxylic acids is 1. The Labute approximate surface area is 139 Å². The first kappa shape index (κ1) is 19.3. The van der Waals surface area contributed by atoms with Gasteiger partial charge in [0.05, 0.1) is 0 Å². The van der Waals surface area contributed by atoms with E-state index in [4.69, 9.17) is 15.2 Å². The molecule has 1 aromatic rings. The maximum absolute atomic E-state index is 12.2. The number of hydrogen-bond acceptors (Lipinski definition) is 4. The van der Waals surface area contributed by atoms with E-state index in [2.05, 4.69) is 0 Å². The van der Waals surface area contributed by atoms with E-state index in [0.717, 1.165) is 11.3 Å². The summed E-state index contributed by atoms with van der Waals surface area (Å²) in [5, 5.41) is 0. The number of amides is 1. The molecule has 0 unspecified atom stereocenters. The molecule has 5 heteroatoms. The Balaban J connectivity index is 2.75. The monoisotopic (exact) mass is 322 g/mol. The summed E-state index contributed by atoms with van der Waals surface area (Å²) >= 11 is 0. The van der Waals surface area contributed by atoms with Crippen molar-refractivity contribution in [3.8, 4) is 5.75 Å². The highest BCUT2D eigenvalue weighted by molar-refractivity contribution is 5.68. The van der Waals surface area contributed by atoms with Gasteiger partial charge in [0.1, 0.15) is 17.0 Å². The van der Waals surface area contributed by atoms with E-state index < -0.39 is 5.60 Å². The van der Waals surface area contributed by atoms with Gasteiger partial charge >= 0.3 is 6.09 Å². The lowest BCUT2D eigenvalue weighted by molar-refractivity contribution is 0.0239. The Kier molecular flexibility index (Phi) is 6.45. The van der Waals surface area contributed by atoms with E-state index in [1.807, 2.05) is 65.8 Å². The summed E-state index contributed by atoms with van der Waals surface area (Å²) in [4.78, 5) is 13.8. The van der Waals surface area contributed by atoms with Crippen LogP contribution in [0.3, 0.4) is 0 Å². The predicted octanol–water partition coefficient (Wildman–Crippen LogP) is 3.56. The highest BCUT2D eigenvalue weighted by Gasteiger charge is 2.22. The molecule has 2 N–H and O–H groups in total. The Bertz CT molecular complexity index is 498. The normalized spacial score (nSPS) is 12.0. The lowest BCUT2D eigenvalue weighted by atomic mass is 10.1. The van der Waals surface area contributed by atoms with Crippen molar-refractivity contribution in [1.29, 1.82) is 0 Å². The molecule has 1 rings (SSSR count). The highest BCUT2D eigenvalue weighted by atomic mass is 16.6. The molecule has 0 heterocycles. The van der Waals surface area contributed by atoms with Crippen LogP contribution in [-0.4, -0.2) is 35.3 Å². The number of benzene rings is 1. The molecule has 1 aromatic carbocycles. The third-order valence-electron chi connectivity index (χ3n) is 2.77. The third-order valence-corrected chi connectivity index (χ3v) is 2.77. The molecule has 0 aliphatic rings. The number of ether oxygens (including phenoxy) is 2. The van der Waals surface area contributed by atoms with Crippen molar-refractivity contribution in [2.75, 3.05) is 13.1 Å². The maximum atomic E-state index is 12.2. The van der Waals surface area contributed by atoms with Gasteiger partial charge in [-0.1, -0.05) is 12.1 Å². The summed E-state index contributed by atoms with van der Waals surface area (Å²) in [6.45, 7) is 12.9. The third kappa shape index (κ3) is 7.88. The van der Waals surface area contributed by atoms with Gasteiger partial charge in [0.25, 0.3) is 0 Å². The second kappa shape index (κ2) is 7.68. The van der Waals surface area contributed by atoms with Gasteiger partial charge in [-0.2, -0.15) is 0 Å². The zero-order valence-electron chi connectivity index (χ0n) is 15.2. The first-order chi connectivity index (χ1) is 10.5. The van der Waals surface area contributed by atoms with E-state index in [1.165, 1.54) is 0 Å². The minimum atomic E-state index is -0.520. The highest BCUT2D eigenvalue weighted by Crippen LogP contribution is 2.19. The van der Waals surface area contributed by atoms with E-state index in [1.54, 1.807) is 4.90 Å². The van der Waals surface area contributed by atoms with Gasteiger partial charge in [-0.05, 0) is 59.2 Å². The van der Waals surface area contributed by atoms with E-state index in [-0.39, 0.29) is 11.7 Å². The fraction of sp³-hybridized carbons (Fsp3) is 0.611. The molecule has 5 nitrogen and oxygen atoms in total. The van der Waals surface area contributed by atoms with Crippen molar-refractivity contribution in [2.24, 2.45) is 5.73 Å². The van der Waals surface area contributed by atoms with Crippen LogP contribution in [0.1, 0.15) is 47.1 Å². The fourth-order valence-electron chi connectivity index (χ4n) is 1.95. The van der Waals surface area contributed by atoms with Crippen LogP contribution in [0, 0.1) is 0 Å². The Morgan fingerprint density at radius 3 is 2.04 bits per heavy atom. The molecule has 0 fully saturated rings. The molecular formula is C18H30N2O3. The summed E-state index contributed by atoms with van der Waals surface area (Å²) in [7, 11) is 0. The van der Waals surface area contributed by atoms with Crippen LogP contribution in [-0.2, 0) is 11.3 Å². The van der Waals surface area contributed by atoms with Gasteiger partial charge in [-0.3, -0.25) is 0 Å². The van der Waals surface area contributed by atoms with Crippen molar-refractivity contribution >= 4 is 6.09 Å². The van der Waals surface area contributed by atoms with Crippen LogP contribution >= 0.6 is 0 Å². The van der Waals surface area contributed by atoms with Crippen molar-refractivity contribution in [3.63, 3.8) is 0 Å². The predicted molar refractivity (Wildman–Crippen MR) is 92.5 cm³/mol. The SMILES string of the molecule is CC(C)(C)OC(=O)N(CCN)Cc1ccc(OC(C)(C)C)cc1. The summed E-state index contributed by atoms with van der Waals surface area (Å²) in [5.41, 5.74) is 5.86. The van der Waals surface area contributed by atoms with Crippen molar-refractivity contribution in [3.05, 3.63) is 29.8 Å². The minimum Gasteiger partial charge on any atom is -0.488 e. The van der Waals surface area contributed by atoms with E-state index >= 15 is 0 Å². The Morgan fingerprint density at radius 2 is 1.61 bits per heavy atom. The lowest BCUT2D eigenvalue weighted by Crippen LogP contribution is -2.39. The van der Waals surface area contributed by atoms with E-state index in [9.17, 15) is 4.79 Å². The number of nitrogens with zero attached hydrogens (tertiary/aromatic N) is 1. The van der Waals surface area contributed by atoms with Gasteiger partial charge in [-0.25, -0.2) is 4.79 Å². The average Bonchev–Trinajstić information content (AvgIpc) is 2.36. The fourth-order valence-corrected chi connectivity index (χ4v) is 1.95. The van der Waals surface area contributed by atoms with Gasteiger partial charge in [0.2, 0.25) is 0 Å². The number of carbonyl (C=O) groups is 1. The molecule has 0 saturated carbocycles. The number of nitrogens with two attached hydrogens (primary N) is 1. The second-order valence-corrected chi connectivity index (χ2v) is 7.55. The summed E-state index contributed by atoms with van der Waals surface area (Å²) in [5.74, 6) is 0.809. The molecule has 0 aliphatic heterocycles. The molecule has 0 aliphatic carbocycles. The van der Waals surface area contributed by atoms with Crippen molar-refractivity contribution in [2.45, 2.75) is 59.3 Å². The largest absolute Gasteiger partial charge is 0.488 e. The molecule has 0 saturated heterocycles. The Hall–Kier alpha value is -1.75. The first-order valence-electron chi connectivity index (χ1n) is 7.96. The molecular weight excluding hydrogens is 292 g/mol. The molecule has 0 spiro atoms.